The molecule has 1 aromatic carbocycles. The summed E-state index contributed by atoms with van der Waals surface area (Å²) in [6.45, 7) is 5.55. The molecule has 0 aliphatic carbocycles. The summed E-state index contributed by atoms with van der Waals surface area (Å²) < 4.78 is 0. The summed E-state index contributed by atoms with van der Waals surface area (Å²) in [5.41, 5.74) is 2.51. The Kier molecular flexibility index (Phi) is 6.92. The van der Waals surface area contributed by atoms with Crippen molar-refractivity contribution in [3.8, 4) is 0 Å². The molecule has 0 spiro atoms. The molecule has 0 aromatic heterocycles. The summed E-state index contributed by atoms with van der Waals surface area (Å²) in [6, 6.07) is 8.38. The zero-order chi connectivity index (χ0) is 13.2. The third kappa shape index (κ3) is 5.71. The minimum absolute atomic E-state index is 0.0908. The molecule has 0 aliphatic rings. The number of aryl methyl sites for hydroxylation is 1. The summed E-state index contributed by atoms with van der Waals surface area (Å²) in [7, 11) is 0. The fraction of sp³-hybridized carbons (Fsp3) is 0.533. The quantitative estimate of drug-likeness (QED) is 0.764. The van der Waals surface area contributed by atoms with Gasteiger partial charge in [-0.25, -0.2) is 4.79 Å². The highest BCUT2D eigenvalue weighted by Gasteiger charge is 1.99. The normalized spacial score (nSPS) is 10.1. The minimum atomic E-state index is -0.0908. The Morgan fingerprint density at radius 3 is 2.28 bits per heavy atom. The summed E-state index contributed by atoms with van der Waals surface area (Å²) >= 11 is 0. The molecule has 0 aliphatic heterocycles. The van der Waals surface area contributed by atoms with Gasteiger partial charge in [0.1, 0.15) is 0 Å². The molecular formula is C15H24N2O. The van der Waals surface area contributed by atoms with E-state index < -0.39 is 0 Å². The lowest BCUT2D eigenvalue weighted by atomic mass is 10.1. The number of unbranched alkanes of at least 4 members (excludes halogenated alkanes) is 1. The Labute approximate surface area is 110 Å². The Morgan fingerprint density at radius 2 is 1.67 bits per heavy atom. The first-order chi connectivity index (χ1) is 8.76. The molecule has 0 heterocycles. The van der Waals surface area contributed by atoms with Gasteiger partial charge in [0.15, 0.2) is 0 Å². The zero-order valence-corrected chi connectivity index (χ0v) is 11.5. The van der Waals surface area contributed by atoms with Crippen molar-refractivity contribution in [2.45, 2.75) is 46.1 Å². The van der Waals surface area contributed by atoms with Gasteiger partial charge in [-0.1, -0.05) is 44.5 Å². The van der Waals surface area contributed by atoms with Crippen molar-refractivity contribution in [3.63, 3.8) is 0 Å². The monoisotopic (exact) mass is 248 g/mol. The Bertz CT molecular complexity index is 346. The van der Waals surface area contributed by atoms with E-state index in [1.54, 1.807) is 0 Å². The minimum Gasteiger partial charge on any atom is -0.338 e. The first kappa shape index (κ1) is 14.6. The fourth-order valence-corrected chi connectivity index (χ4v) is 1.69. The predicted molar refractivity (Wildman–Crippen MR) is 75.6 cm³/mol. The molecule has 0 fully saturated rings. The smallest absolute Gasteiger partial charge is 0.315 e. The van der Waals surface area contributed by atoms with Crippen LogP contribution in [-0.4, -0.2) is 12.6 Å². The molecule has 0 saturated heterocycles. The topological polar surface area (TPSA) is 41.1 Å². The van der Waals surface area contributed by atoms with Crippen molar-refractivity contribution in [1.29, 1.82) is 0 Å². The predicted octanol–water partition coefficient (Wildman–Crippen LogP) is 3.24. The zero-order valence-electron chi connectivity index (χ0n) is 11.5. The van der Waals surface area contributed by atoms with Crippen LogP contribution in [0.3, 0.4) is 0 Å². The Morgan fingerprint density at radius 1 is 1.00 bits per heavy atom. The van der Waals surface area contributed by atoms with Crippen LogP contribution in [0.15, 0.2) is 24.3 Å². The lowest BCUT2D eigenvalue weighted by molar-refractivity contribution is 0.240. The molecule has 0 radical (unpaired) electrons. The van der Waals surface area contributed by atoms with Gasteiger partial charge in [0, 0.05) is 13.1 Å². The molecule has 2 amide bonds. The standard InChI is InChI=1S/C15H24N2O/c1-3-5-6-13-7-9-14(10-8-13)12-17-15(18)16-11-4-2/h7-10H,3-6,11-12H2,1-2H3,(H2,16,17,18). The number of nitrogens with one attached hydrogen (secondary N) is 2. The van der Waals surface area contributed by atoms with Crippen LogP contribution in [0.4, 0.5) is 4.79 Å². The van der Waals surface area contributed by atoms with E-state index in [9.17, 15) is 4.79 Å². The Balaban J connectivity index is 2.32. The number of hydrogen-bond acceptors (Lipinski definition) is 1. The van der Waals surface area contributed by atoms with Crippen LogP contribution in [0.2, 0.25) is 0 Å². The number of urea groups is 1. The van der Waals surface area contributed by atoms with Crippen molar-refractivity contribution in [2.24, 2.45) is 0 Å². The first-order valence-electron chi connectivity index (χ1n) is 6.85. The molecule has 100 valence electrons. The van der Waals surface area contributed by atoms with Crippen LogP contribution < -0.4 is 10.6 Å². The fourth-order valence-electron chi connectivity index (χ4n) is 1.69. The molecular weight excluding hydrogens is 224 g/mol. The summed E-state index contributed by atoms with van der Waals surface area (Å²) in [5, 5.41) is 5.64. The number of carbonyl (C=O) groups is 1. The second-order valence-corrected chi connectivity index (χ2v) is 4.53. The molecule has 18 heavy (non-hydrogen) atoms. The van der Waals surface area contributed by atoms with Gasteiger partial charge in [0.2, 0.25) is 0 Å². The molecule has 2 N–H and O–H groups in total. The third-order valence-electron chi connectivity index (χ3n) is 2.83. The van der Waals surface area contributed by atoms with E-state index >= 15 is 0 Å². The van der Waals surface area contributed by atoms with Crippen LogP contribution in [0.1, 0.15) is 44.2 Å². The summed E-state index contributed by atoms with van der Waals surface area (Å²) in [4.78, 5) is 11.4. The van der Waals surface area contributed by atoms with Crippen LogP contribution in [0.25, 0.3) is 0 Å². The van der Waals surface area contributed by atoms with Crippen molar-refractivity contribution in [1.82, 2.24) is 10.6 Å². The Hall–Kier alpha value is -1.51. The molecule has 3 nitrogen and oxygen atoms in total. The van der Waals surface area contributed by atoms with E-state index in [0.717, 1.165) is 24.9 Å². The SMILES string of the molecule is CCCCc1ccc(CNC(=O)NCCC)cc1. The van der Waals surface area contributed by atoms with Gasteiger partial charge in [0.05, 0.1) is 0 Å². The number of hydrogen-bond donors (Lipinski definition) is 2. The molecule has 0 unspecified atom stereocenters. The summed E-state index contributed by atoms with van der Waals surface area (Å²) in [6.07, 6.45) is 4.55. The van der Waals surface area contributed by atoms with Crippen molar-refractivity contribution < 1.29 is 4.79 Å². The van der Waals surface area contributed by atoms with Crippen LogP contribution in [0, 0.1) is 0 Å². The van der Waals surface area contributed by atoms with E-state index in [2.05, 4.69) is 41.8 Å². The van der Waals surface area contributed by atoms with Gasteiger partial charge < -0.3 is 10.6 Å². The van der Waals surface area contributed by atoms with E-state index in [0.29, 0.717) is 6.54 Å². The van der Waals surface area contributed by atoms with Crippen LogP contribution >= 0.6 is 0 Å². The molecule has 1 aromatic rings. The maximum absolute atomic E-state index is 11.4. The van der Waals surface area contributed by atoms with Crippen molar-refractivity contribution in [2.75, 3.05) is 6.54 Å². The van der Waals surface area contributed by atoms with Gasteiger partial charge in [0.25, 0.3) is 0 Å². The molecule has 3 heteroatoms. The highest BCUT2D eigenvalue weighted by Crippen LogP contribution is 2.07. The van der Waals surface area contributed by atoms with Gasteiger partial charge in [-0.15, -0.1) is 0 Å². The average Bonchev–Trinajstić information content (AvgIpc) is 2.41. The van der Waals surface area contributed by atoms with E-state index in [4.69, 9.17) is 0 Å². The number of benzene rings is 1. The third-order valence-corrected chi connectivity index (χ3v) is 2.83. The maximum Gasteiger partial charge on any atom is 0.315 e. The lowest BCUT2D eigenvalue weighted by Crippen LogP contribution is -2.35. The van der Waals surface area contributed by atoms with Crippen molar-refractivity contribution >= 4 is 6.03 Å². The second-order valence-electron chi connectivity index (χ2n) is 4.53. The van der Waals surface area contributed by atoms with Gasteiger partial charge in [-0.3, -0.25) is 0 Å². The first-order valence-corrected chi connectivity index (χ1v) is 6.85. The van der Waals surface area contributed by atoms with Gasteiger partial charge in [-0.2, -0.15) is 0 Å². The summed E-state index contributed by atoms with van der Waals surface area (Å²) in [5.74, 6) is 0. The largest absolute Gasteiger partial charge is 0.338 e. The second kappa shape index (κ2) is 8.56. The van der Waals surface area contributed by atoms with E-state index in [1.165, 1.54) is 18.4 Å². The molecule has 0 bridgehead atoms. The van der Waals surface area contributed by atoms with Crippen LogP contribution in [-0.2, 0) is 13.0 Å². The number of rotatable bonds is 7. The van der Waals surface area contributed by atoms with E-state index in [1.807, 2.05) is 6.92 Å². The molecule has 0 atom stereocenters. The average molecular weight is 248 g/mol. The molecule has 1 rings (SSSR count). The maximum atomic E-state index is 11.4. The van der Waals surface area contributed by atoms with Crippen LogP contribution in [0.5, 0.6) is 0 Å². The number of carbonyl (C=O) groups excluding carboxylic acids is 1. The van der Waals surface area contributed by atoms with Gasteiger partial charge in [-0.05, 0) is 30.4 Å². The van der Waals surface area contributed by atoms with Gasteiger partial charge >= 0.3 is 6.03 Å². The highest BCUT2D eigenvalue weighted by molar-refractivity contribution is 5.73. The van der Waals surface area contributed by atoms with Crippen molar-refractivity contribution in [3.05, 3.63) is 35.4 Å². The highest BCUT2D eigenvalue weighted by atomic mass is 16.2. The molecule has 0 saturated carbocycles. The lowest BCUT2D eigenvalue weighted by Gasteiger charge is -2.07. The van der Waals surface area contributed by atoms with E-state index in [-0.39, 0.29) is 6.03 Å². The number of amides is 2.